The first-order valence-corrected chi connectivity index (χ1v) is 30.4. The van der Waals surface area contributed by atoms with Gasteiger partial charge in [0.1, 0.15) is 30.9 Å². The number of allylic oxidation sites excluding steroid dienone is 3. The summed E-state index contributed by atoms with van der Waals surface area (Å²) in [6.45, 7) is 3.90. The second kappa shape index (κ2) is 36.7. The molecule has 428 valence electrons. The predicted molar refractivity (Wildman–Crippen MR) is 284 cm³/mol. The SMILES string of the molecule is CCCCC[C@H](O)C=C[C@H]1C(=O)/C=C\[C@@H]2C/C=C\CCCC(=O)OC[C@@H](OC(=O)CCCCCCCCCCCCCCCCCC(C)C)COP(=O)(O)OP(=O)(O)OC[C@@H](O[C@H]2n2ccc(N)nc2=O)[C@@H](O)[C@H]1O. The third kappa shape index (κ3) is 28.2. The van der Waals surface area contributed by atoms with E-state index in [2.05, 4.69) is 23.1 Å². The normalized spacial score (nSPS) is 28.4. The van der Waals surface area contributed by atoms with Crippen molar-refractivity contribution in [1.29, 1.82) is 0 Å². The van der Waals surface area contributed by atoms with Crippen molar-refractivity contribution in [2.75, 3.05) is 25.6 Å². The van der Waals surface area contributed by atoms with Gasteiger partial charge in [-0.1, -0.05) is 167 Å². The van der Waals surface area contributed by atoms with Gasteiger partial charge in [0.15, 0.2) is 11.9 Å². The number of esters is 2. The van der Waals surface area contributed by atoms with Crippen molar-refractivity contribution in [1.82, 2.24) is 9.55 Å². The van der Waals surface area contributed by atoms with Gasteiger partial charge in [0.25, 0.3) is 0 Å². The van der Waals surface area contributed by atoms with E-state index in [0.29, 0.717) is 32.1 Å². The molecule has 3 rings (SSSR count). The van der Waals surface area contributed by atoms with Gasteiger partial charge in [-0.3, -0.25) is 28.0 Å². The van der Waals surface area contributed by atoms with Gasteiger partial charge in [-0.15, -0.1) is 0 Å². The molecule has 0 aliphatic carbocycles. The van der Waals surface area contributed by atoms with Crippen LogP contribution in [0.15, 0.2) is 53.5 Å². The topological polar surface area (TPSA) is 303 Å². The number of anilines is 1. The molecule has 0 saturated carbocycles. The van der Waals surface area contributed by atoms with Crippen LogP contribution in [0.3, 0.4) is 0 Å². The molecule has 0 radical (unpaired) electrons. The summed E-state index contributed by atoms with van der Waals surface area (Å²) in [5.41, 5.74) is 4.84. The van der Waals surface area contributed by atoms with Gasteiger partial charge in [-0.25, -0.2) is 13.9 Å². The minimum atomic E-state index is -5.68. The van der Waals surface area contributed by atoms with Gasteiger partial charge < -0.3 is 45.1 Å². The van der Waals surface area contributed by atoms with Gasteiger partial charge in [-0.05, 0) is 50.2 Å². The van der Waals surface area contributed by atoms with Crippen molar-refractivity contribution < 1.29 is 76.2 Å². The number of nitrogen functional groups attached to an aromatic ring is 1. The first-order valence-electron chi connectivity index (χ1n) is 27.4. The minimum Gasteiger partial charge on any atom is -0.462 e. The highest BCUT2D eigenvalue weighted by molar-refractivity contribution is 7.61. The number of ketones is 1. The molecule has 0 fully saturated rings. The van der Waals surface area contributed by atoms with E-state index < -0.39 is 107 Å². The predicted octanol–water partition coefficient (Wildman–Crippen LogP) is 9.42. The van der Waals surface area contributed by atoms with E-state index in [9.17, 15) is 53.4 Å². The van der Waals surface area contributed by atoms with Gasteiger partial charge in [0, 0.05) is 25.0 Å². The maximum Gasteiger partial charge on any atom is 0.481 e. The van der Waals surface area contributed by atoms with Crippen LogP contribution in [-0.4, -0.2) is 103 Å². The monoisotopic (exact) mass is 1100 g/mol. The number of phosphoric acid groups is 2. The number of nitrogens with zero attached hydrogens (tertiary/aromatic N) is 2. The lowest BCUT2D eigenvalue weighted by Crippen LogP contribution is -2.49. The second-order valence-corrected chi connectivity index (χ2v) is 23.3. The molecule has 1 aromatic heterocycles. The summed E-state index contributed by atoms with van der Waals surface area (Å²) in [4.78, 5) is 78.1. The Bertz CT molecular complexity index is 2070. The third-order valence-corrected chi connectivity index (χ3v) is 15.7. The standard InChI is InChI=1S/C53H89N3O17P2/c1-4-5-21-28-42(57)32-33-44-45(58)34-31-41-27-23-19-20-24-29-48(59)68-37-43(71-49(60)30-25-18-16-14-12-10-8-6-7-9-11-13-15-17-22-26-40(2)3)38-69-74(64,65)73-75(66,67)70-39-46(51(62)50(44)61)72-52(41)56-36-35-47(54)55-53(56)63/h19,23,31-36,40-44,46,50-52,57,61-62H,4-18,20-22,24-30,37-39H2,1-3H3,(H,64,65)(H,66,67)(H2,54,55,63)/b23-19-,33-32?,34-31-/t41-,42-,43+,44-,46+,50-,51+,52+/m0/s1. The van der Waals surface area contributed by atoms with Gasteiger partial charge in [0.05, 0.1) is 31.3 Å². The lowest BCUT2D eigenvalue weighted by Gasteiger charge is -2.36. The van der Waals surface area contributed by atoms with Crippen molar-refractivity contribution in [3.63, 3.8) is 0 Å². The summed E-state index contributed by atoms with van der Waals surface area (Å²) in [5.74, 6) is -3.88. The number of cyclic esters (lactones) is 1. The Kier molecular flexibility index (Phi) is 32.2. The summed E-state index contributed by atoms with van der Waals surface area (Å²) in [6, 6.07) is 1.28. The van der Waals surface area contributed by atoms with Crippen LogP contribution < -0.4 is 11.4 Å². The van der Waals surface area contributed by atoms with E-state index in [1.807, 2.05) is 6.92 Å². The molecule has 3 heterocycles. The number of phosphoric ester groups is 2. The van der Waals surface area contributed by atoms with Crippen LogP contribution in [0, 0.1) is 17.8 Å². The average Bonchev–Trinajstić information content (AvgIpc) is 3.34. The number of nitrogens with two attached hydrogens (primary N) is 1. The molecule has 10 atom stereocenters. The number of fused-ring (bicyclic) bond motifs is 3. The lowest BCUT2D eigenvalue weighted by molar-refractivity contribution is -0.167. The highest BCUT2D eigenvalue weighted by Gasteiger charge is 2.42. The first kappa shape index (κ1) is 65.9. The number of hydrogen-bond acceptors (Lipinski definition) is 17. The zero-order valence-electron chi connectivity index (χ0n) is 44.6. The Morgan fingerprint density at radius 1 is 0.840 bits per heavy atom. The zero-order valence-corrected chi connectivity index (χ0v) is 46.4. The van der Waals surface area contributed by atoms with Crippen molar-refractivity contribution >= 4 is 39.2 Å². The molecule has 75 heavy (non-hydrogen) atoms. The van der Waals surface area contributed by atoms with Crippen LogP contribution >= 0.6 is 15.6 Å². The number of unbranched alkanes of at least 4 members (excludes halogenated alkanes) is 16. The fourth-order valence-electron chi connectivity index (χ4n) is 8.76. The Labute approximate surface area is 444 Å². The highest BCUT2D eigenvalue weighted by atomic mass is 31.3. The van der Waals surface area contributed by atoms with Crippen molar-refractivity contribution in [3.05, 3.63) is 59.2 Å². The second-order valence-electron chi connectivity index (χ2n) is 20.2. The van der Waals surface area contributed by atoms with Crippen LogP contribution in [0.1, 0.15) is 188 Å². The van der Waals surface area contributed by atoms with E-state index in [-0.39, 0.29) is 25.1 Å². The van der Waals surface area contributed by atoms with E-state index in [1.54, 1.807) is 12.2 Å². The molecule has 20 nitrogen and oxygen atoms in total. The maximum absolute atomic E-state index is 13.8. The number of aromatic nitrogens is 2. The van der Waals surface area contributed by atoms with Crippen LogP contribution in [0.4, 0.5) is 5.82 Å². The molecule has 0 aromatic carbocycles. The molecule has 1 aromatic rings. The molecule has 0 saturated heterocycles. The lowest BCUT2D eigenvalue weighted by atomic mass is 9.88. The summed E-state index contributed by atoms with van der Waals surface area (Å²) in [5, 5.41) is 33.9. The van der Waals surface area contributed by atoms with Crippen LogP contribution in [0.25, 0.3) is 0 Å². The fourth-order valence-corrected chi connectivity index (χ4v) is 10.9. The zero-order chi connectivity index (χ0) is 55.1. The smallest absolute Gasteiger partial charge is 0.462 e. The fraction of sp³-hybridized carbons (Fsp3) is 0.755. The highest BCUT2D eigenvalue weighted by Crippen LogP contribution is 2.60. The Morgan fingerprint density at radius 2 is 1.44 bits per heavy atom. The summed E-state index contributed by atoms with van der Waals surface area (Å²) < 4.78 is 59.2. The molecule has 22 heteroatoms. The Hall–Kier alpha value is -3.39. The summed E-state index contributed by atoms with van der Waals surface area (Å²) in [6.07, 6.45) is 21.8. The van der Waals surface area contributed by atoms with Crippen LogP contribution in [0.5, 0.6) is 0 Å². The Balaban J connectivity index is 1.70. The summed E-state index contributed by atoms with van der Waals surface area (Å²) >= 11 is 0. The number of aliphatic hydroxyl groups is 3. The number of ether oxygens (including phenoxy) is 3. The molecule has 2 aliphatic heterocycles. The van der Waals surface area contributed by atoms with Crippen molar-refractivity contribution in [3.8, 4) is 0 Å². The van der Waals surface area contributed by atoms with Crippen LogP contribution in [0.2, 0.25) is 0 Å². The number of rotatable bonds is 26. The van der Waals surface area contributed by atoms with Crippen molar-refractivity contribution in [2.45, 2.75) is 218 Å². The molecule has 0 spiro atoms. The van der Waals surface area contributed by atoms with Crippen molar-refractivity contribution in [2.24, 2.45) is 17.8 Å². The molecule has 2 unspecified atom stereocenters. The minimum absolute atomic E-state index is 0.0123. The molecular formula is C53H89N3O17P2. The van der Waals surface area contributed by atoms with E-state index in [1.165, 1.54) is 101 Å². The quantitative estimate of drug-likeness (QED) is 0.0218. The van der Waals surface area contributed by atoms with E-state index in [4.69, 9.17) is 29.0 Å². The first-order chi connectivity index (χ1) is 35.8. The summed E-state index contributed by atoms with van der Waals surface area (Å²) in [7, 11) is -11.2. The molecular weight excluding hydrogens is 1010 g/mol. The van der Waals surface area contributed by atoms with Gasteiger partial charge in [0.2, 0.25) is 0 Å². The van der Waals surface area contributed by atoms with Gasteiger partial charge >= 0.3 is 33.3 Å². The van der Waals surface area contributed by atoms with E-state index in [0.717, 1.165) is 55.1 Å². The number of hydrogen-bond donors (Lipinski definition) is 6. The maximum atomic E-state index is 13.8. The third-order valence-electron chi connectivity index (χ3n) is 13.1. The molecule has 7 N–H and O–H groups in total. The molecule has 0 amide bonds. The molecule has 2 bridgehead atoms. The van der Waals surface area contributed by atoms with Crippen LogP contribution in [-0.2, 0) is 51.1 Å². The van der Waals surface area contributed by atoms with Gasteiger partial charge in [-0.2, -0.15) is 9.29 Å². The number of carbonyl (C=O) groups is 3. The number of aliphatic hydroxyl groups excluding tert-OH is 3. The average molecular weight is 1100 g/mol. The molecule has 2 aliphatic rings. The largest absolute Gasteiger partial charge is 0.481 e. The number of carbonyl (C=O) groups excluding carboxylic acids is 3. The van der Waals surface area contributed by atoms with E-state index >= 15 is 0 Å². The Morgan fingerprint density at radius 3 is 2.05 bits per heavy atom.